The quantitative estimate of drug-likeness (QED) is 0.530. The molecular weight excluding hydrogens is 368 g/mol. The van der Waals surface area contributed by atoms with Gasteiger partial charge in [-0.15, -0.1) is 10.2 Å². The summed E-state index contributed by atoms with van der Waals surface area (Å²) in [4.78, 5) is 10.4. The molecular formula is C14H9BrN4O2S. The van der Waals surface area contributed by atoms with E-state index in [1.165, 1.54) is 23.5 Å². The number of nitrogens with one attached hydrogen (secondary N) is 1. The lowest BCUT2D eigenvalue weighted by molar-refractivity contribution is -0.384. The number of benzene rings is 2. The van der Waals surface area contributed by atoms with E-state index in [2.05, 4.69) is 31.4 Å². The molecule has 0 unspecified atom stereocenters. The van der Waals surface area contributed by atoms with Crippen LogP contribution >= 0.6 is 27.3 Å². The first-order valence-corrected chi connectivity index (χ1v) is 7.84. The van der Waals surface area contributed by atoms with E-state index in [1.54, 1.807) is 12.1 Å². The average Bonchev–Trinajstić information content (AvgIpc) is 2.96. The Morgan fingerprint density at radius 2 is 1.95 bits per heavy atom. The number of aromatic nitrogens is 2. The van der Waals surface area contributed by atoms with Crippen LogP contribution in [0.3, 0.4) is 0 Å². The lowest BCUT2D eigenvalue weighted by Crippen LogP contribution is -1.88. The second-order valence-electron chi connectivity index (χ2n) is 4.36. The molecule has 1 aromatic heterocycles. The Hall–Kier alpha value is -2.32. The minimum absolute atomic E-state index is 0.0363. The largest absolute Gasteiger partial charge is 0.330 e. The van der Waals surface area contributed by atoms with E-state index in [4.69, 9.17) is 0 Å². The number of nitrogens with zero attached hydrogens (tertiary/aromatic N) is 3. The monoisotopic (exact) mass is 376 g/mol. The normalized spacial score (nSPS) is 10.4. The Bertz CT molecular complexity index is 837. The standard InChI is InChI=1S/C14H9BrN4O2S/c15-10-4-2-5-11(8-10)16-14-18-17-13(22-14)9-3-1-6-12(7-9)19(20)21/h1-8H,(H,16,18). The molecule has 110 valence electrons. The Morgan fingerprint density at radius 3 is 2.73 bits per heavy atom. The predicted octanol–water partition coefficient (Wildman–Crippen LogP) is 4.62. The van der Waals surface area contributed by atoms with Gasteiger partial charge in [0.1, 0.15) is 5.01 Å². The lowest BCUT2D eigenvalue weighted by Gasteiger charge is -2.01. The molecule has 0 saturated heterocycles. The molecule has 1 heterocycles. The number of halogens is 1. The van der Waals surface area contributed by atoms with E-state index in [1.807, 2.05) is 24.3 Å². The second kappa shape index (κ2) is 6.20. The molecule has 0 fully saturated rings. The minimum atomic E-state index is -0.425. The van der Waals surface area contributed by atoms with Crippen molar-refractivity contribution in [2.75, 3.05) is 5.32 Å². The van der Waals surface area contributed by atoms with Crippen molar-refractivity contribution in [2.24, 2.45) is 0 Å². The van der Waals surface area contributed by atoms with Gasteiger partial charge in [0.05, 0.1) is 4.92 Å². The van der Waals surface area contributed by atoms with E-state index in [0.29, 0.717) is 15.7 Å². The predicted molar refractivity (Wildman–Crippen MR) is 89.4 cm³/mol. The number of nitro groups is 1. The maximum absolute atomic E-state index is 10.8. The molecule has 0 aliphatic heterocycles. The SMILES string of the molecule is O=[N+]([O-])c1cccc(-c2nnc(Nc3cccc(Br)c3)s2)c1. The maximum atomic E-state index is 10.8. The fourth-order valence-corrected chi connectivity index (χ4v) is 2.99. The third kappa shape index (κ3) is 3.29. The van der Waals surface area contributed by atoms with Gasteiger partial charge in [-0.2, -0.15) is 0 Å². The summed E-state index contributed by atoms with van der Waals surface area (Å²) in [5, 5.41) is 23.4. The molecule has 8 heteroatoms. The van der Waals surface area contributed by atoms with E-state index in [0.717, 1.165) is 10.2 Å². The van der Waals surface area contributed by atoms with Gasteiger partial charge in [0.25, 0.3) is 5.69 Å². The molecule has 0 aliphatic rings. The van der Waals surface area contributed by atoms with Gasteiger partial charge in [0.2, 0.25) is 5.13 Å². The highest BCUT2D eigenvalue weighted by molar-refractivity contribution is 9.10. The van der Waals surface area contributed by atoms with Crippen LogP contribution in [0.25, 0.3) is 10.6 Å². The van der Waals surface area contributed by atoms with Gasteiger partial charge >= 0.3 is 0 Å². The summed E-state index contributed by atoms with van der Waals surface area (Å²) < 4.78 is 0.959. The highest BCUT2D eigenvalue weighted by Crippen LogP contribution is 2.30. The Kier molecular flexibility index (Phi) is 4.12. The molecule has 0 spiro atoms. The summed E-state index contributed by atoms with van der Waals surface area (Å²) >= 11 is 4.74. The van der Waals surface area contributed by atoms with Crippen molar-refractivity contribution in [3.05, 3.63) is 63.1 Å². The molecule has 6 nitrogen and oxygen atoms in total. The molecule has 0 amide bonds. The van der Waals surface area contributed by atoms with Crippen LogP contribution < -0.4 is 5.32 Å². The molecule has 0 saturated carbocycles. The minimum Gasteiger partial charge on any atom is -0.330 e. The van der Waals surface area contributed by atoms with Crippen LogP contribution in [0.2, 0.25) is 0 Å². The smallest absolute Gasteiger partial charge is 0.270 e. The number of anilines is 2. The molecule has 3 aromatic rings. The number of hydrogen-bond acceptors (Lipinski definition) is 6. The van der Waals surface area contributed by atoms with E-state index >= 15 is 0 Å². The summed E-state index contributed by atoms with van der Waals surface area (Å²) in [5.74, 6) is 0. The summed E-state index contributed by atoms with van der Waals surface area (Å²) in [5.41, 5.74) is 1.60. The highest BCUT2D eigenvalue weighted by atomic mass is 79.9. The summed E-state index contributed by atoms with van der Waals surface area (Å²) in [6, 6.07) is 14.0. The van der Waals surface area contributed by atoms with Gasteiger partial charge in [-0.3, -0.25) is 10.1 Å². The Labute approximate surface area is 138 Å². The van der Waals surface area contributed by atoms with Gasteiger partial charge in [0.15, 0.2) is 0 Å². The average molecular weight is 377 g/mol. The fourth-order valence-electron chi connectivity index (χ4n) is 1.83. The van der Waals surface area contributed by atoms with Crippen molar-refractivity contribution in [1.82, 2.24) is 10.2 Å². The zero-order valence-electron chi connectivity index (χ0n) is 11.1. The van der Waals surface area contributed by atoms with Crippen LogP contribution in [-0.2, 0) is 0 Å². The zero-order chi connectivity index (χ0) is 15.5. The van der Waals surface area contributed by atoms with Crippen LogP contribution in [0.5, 0.6) is 0 Å². The van der Waals surface area contributed by atoms with Crippen molar-refractivity contribution in [1.29, 1.82) is 0 Å². The summed E-state index contributed by atoms with van der Waals surface area (Å²) in [6.45, 7) is 0. The number of non-ortho nitro benzene ring substituents is 1. The van der Waals surface area contributed by atoms with Crippen LogP contribution in [0.1, 0.15) is 0 Å². The van der Waals surface area contributed by atoms with Crippen LogP contribution in [0.4, 0.5) is 16.5 Å². The first-order valence-electron chi connectivity index (χ1n) is 6.23. The molecule has 2 aromatic carbocycles. The van der Waals surface area contributed by atoms with Gasteiger partial charge in [0, 0.05) is 27.9 Å². The summed E-state index contributed by atoms with van der Waals surface area (Å²) in [6.07, 6.45) is 0. The van der Waals surface area contributed by atoms with E-state index < -0.39 is 4.92 Å². The topological polar surface area (TPSA) is 81.0 Å². The van der Waals surface area contributed by atoms with Gasteiger partial charge in [-0.05, 0) is 18.2 Å². The lowest BCUT2D eigenvalue weighted by atomic mass is 10.2. The summed E-state index contributed by atoms with van der Waals surface area (Å²) in [7, 11) is 0. The van der Waals surface area contributed by atoms with Crippen molar-refractivity contribution in [3.63, 3.8) is 0 Å². The molecule has 1 N–H and O–H groups in total. The Balaban J connectivity index is 1.84. The maximum Gasteiger partial charge on any atom is 0.270 e. The highest BCUT2D eigenvalue weighted by Gasteiger charge is 2.11. The van der Waals surface area contributed by atoms with Gasteiger partial charge in [-0.1, -0.05) is 45.5 Å². The van der Waals surface area contributed by atoms with Gasteiger partial charge < -0.3 is 5.32 Å². The molecule has 22 heavy (non-hydrogen) atoms. The molecule has 0 radical (unpaired) electrons. The molecule has 0 bridgehead atoms. The van der Waals surface area contributed by atoms with E-state index in [-0.39, 0.29) is 5.69 Å². The van der Waals surface area contributed by atoms with Crippen LogP contribution in [0, 0.1) is 10.1 Å². The zero-order valence-corrected chi connectivity index (χ0v) is 13.5. The first kappa shape index (κ1) is 14.6. The second-order valence-corrected chi connectivity index (χ2v) is 6.25. The van der Waals surface area contributed by atoms with E-state index in [9.17, 15) is 10.1 Å². The van der Waals surface area contributed by atoms with Crippen molar-refractivity contribution < 1.29 is 4.92 Å². The number of rotatable bonds is 4. The molecule has 3 rings (SSSR count). The van der Waals surface area contributed by atoms with Crippen LogP contribution in [0.15, 0.2) is 53.0 Å². The third-order valence-electron chi connectivity index (χ3n) is 2.80. The Morgan fingerprint density at radius 1 is 1.14 bits per heavy atom. The number of hydrogen-bond donors (Lipinski definition) is 1. The third-order valence-corrected chi connectivity index (χ3v) is 4.19. The molecule has 0 aliphatic carbocycles. The van der Waals surface area contributed by atoms with Crippen molar-refractivity contribution >= 4 is 43.8 Å². The van der Waals surface area contributed by atoms with Crippen LogP contribution in [-0.4, -0.2) is 15.1 Å². The number of nitro benzene ring substituents is 1. The van der Waals surface area contributed by atoms with Crippen molar-refractivity contribution in [2.45, 2.75) is 0 Å². The fraction of sp³-hybridized carbons (Fsp3) is 0. The van der Waals surface area contributed by atoms with Crippen molar-refractivity contribution in [3.8, 4) is 10.6 Å². The molecule has 0 atom stereocenters. The van der Waals surface area contributed by atoms with Gasteiger partial charge in [-0.25, -0.2) is 0 Å². The first-order chi connectivity index (χ1) is 10.6.